The van der Waals surface area contributed by atoms with Crippen LogP contribution in [-0.2, 0) is 4.79 Å². The Bertz CT molecular complexity index is 937. The van der Waals surface area contributed by atoms with Crippen LogP contribution in [0.25, 0.3) is 5.69 Å². The molecule has 3 rings (SSSR count). The van der Waals surface area contributed by atoms with Gasteiger partial charge in [0.2, 0.25) is 5.91 Å². The Hall–Kier alpha value is -2.85. The van der Waals surface area contributed by atoms with E-state index in [0.29, 0.717) is 21.5 Å². The van der Waals surface area contributed by atoms with E-state index in [9.17, 15) is 9.59 Å². The van der Waals surface area contributed by atoms with Crippen molar-refractivity contribution in [2.45, 2.75) is 5.16 Å². The van der Waals surface area contributed by atoms with E-state index < -0.39 is 5.91 Å². The van der Waals surface area contributed by atoms with Crippen LogP contribution in [0.15, 0.2) is 47.2 Å². The van der Waals surface area contributed by atoms with Gasteiger partial charge in [0.05, 0.1) is 24.1 Å². The summed E-state index contributed by atoms with van der Waals surface area (Å²) in [6, 6.07) is 9.02. The second kappa shape index (κ2) is 8.02. The third kappa shape index (κ3) is 3.86. The topological polar surface area (TPSA) is 112 Å². The Morgan fingerprint density at radius 3 is 2.92 bits per heavy atom. The molecule has 0 saturated heterocycles. The van der Waals surface area contributed by atoms with Crippen LogP contribution in [-0.4, -0.2) is 39.4 Å². The predicted octanol–water partition coefficient (Wildman–Crippen LogP) is 2.17. The van der Waals surface area contributed by atoms with Gasteiger partial charge in [0.25, 0.3) is 5.91 Å². The van der Waals surface area contributed by atoms with E-state index in [0.717, 1.165) is 5.69 Å². The number of rotatable bonds is 7. The molecule has 10 heteroatoms. The van der Waals surface area contributed by atoms with Crippen molar-refractivity contribution in [2.75, 3.05) is 18.2 Å². The molecule has 3 aromatic rings. The van der Waals surface area contributed by atoms with E-state index in [4.69, 9.17) is 10.5 Å². The normalized spacial score (nSPS) is 10.5. The van der Waals surface area contributed by atoms with Crippen LogP contribution < -0.4 is 15.8 Å². The molecule has 134 valence electrons. The molecule has 0 aliphatic rings. The molecular weight excluding hydrogens is 374 g/mol. The van der Waals surface area contributed by atoms with Crippen LogP contribution >= 0.6 is 23.1 Å². The number of amides is 2. The van der Waals surface area contributed by atoms with Gasteiger partial charge in [-0.1, -0.05) is 23.9 Å². The van der Waals surface area contributed by atoms with Crippen LogP contribution in [0.1, 0.15) is 10.4 Å². The van der Waals surface area contributed by atoms with Gasteiger partial charge in [0, 0.05) is 0 Å². The molecule has 2 amide bonds. The molecule has 2 aromatic heterocycles. The number of thioether (sulfide) groups is 1. The first-order valence-corrected chi connectivity index (χ1v) is 9.30. The second-order valence-electron chi connectivity index (χ2n) is 5.02. The van der Waals surface area contributed by atoms with Gasteiger partial charge in [-0.25, -0.2) is 0 Å². The van der Waals surface area contributed by atoms with Crippen LogP contribution in [0.3, 0.4) is 0 Å². The number of carbonyl (C=O) groups is 2. The van der Waals surface area contributed by atoms with Gasteiger partial charge in [0.15, 0.2) is 5.16 Å². The van der Waals surface area contributed by atoms with E-state index in [-0.39, 0.29) is 11.7 Å². The highest BCUT2D eigenvalue weighted by Gasteiger charge is 2.15. The zero-order chi connectivity index (χ0) is 18.5. The minimum atomic E-state index is -0.579. The van der Waals surface area contributed by atoms with Gasteiger partial charge < -0.3 is 15.8 Å². The average molecular weight is 389 g/mol. The van der Waals surface area contributed by atoms with Crippen LogP contribution in [0.2, 0.25) is 0 Å². The van der Waals surface area contributed by atoms with Gasteiger partial charge in [-0.05, 0) is 23.6 Å². The van der Waals surface area contributed by atoms with E-state index >= 15 is 0 Å². The van der Waals surface area contributed by atoms with Crippen molar-refractivity contribution in [3.63, 3.8) is 0 Å². The molecule has 0 unspecified atom stereocenters. The Kier molecular flexibility index (Phi) is 5.54. The summed E-state index contributed by atoms with van der Waals surface area (Å²) < 4.78 is 7.09. The lowest BCUT2D eigenvalue weighted by molar-refractivity contribution is -0.113. The number of nitrogens with zero attached hydrogens (tertiary/aromatic N) is 3. The van der Waals surface area contributed by atoms with Crippen LogP contribution in [0.4, 0.5) is 5.00 Å². The van der Waals surface area contributed by atoms with Crippen molar-refractivity contribution in [1.82, 2.24) is 14.8 Å². The Morgan fingerprint density at radius 1 is 1.35 bits per heavy atom. The molecule has 0 aliphatic heterocycles. The van der Waals surface area contributed by atoms with Crippen molar-refractivity contribution < 1.29 is 14.3 Å². The smallest absolute Gasteiger partial charge is 0.251 e. The molecule has 0 saturated carbocycles. The van der Waals surface area contributed by atoms with Crippen molar-refractivity contribution >= 4 is 39.9 Å². The van der Waals surface area contributed by atoms with Gasteiger partial charge in [-0.15, -0.1) is 21.5 Å². The number of hydrogen-bond acceptors (Lipinski definition) is 7. The molecule has 3 N–H and O–H groups in total. The summed E-state index contributed by atoms with van der Waals surface area (Å²) in [6.07, 6.45) is 1.56. The van der Waals surface area contributed by atoms with E-state index in [2.05, 4.69) is 15.5 Å². The second-order valence-corrected chi connectivity index (χ2v) is 6.88. The molecule has 0 atom stereocenters. The van der Waals surface area contributed by atoms with Crippen molar-refractivity contribution in [1.29, 1.82) is 0 Å². The first-order valence-electron chi connectivity index (χ1n) is 7.43. The van der Waals surface area contributed by atoms with Crippen LogP contribution in [0, 0.1) is 0 Å². The van der Waals surface area contributed by atoms with Gasteiger partial charge in [-0.2, -0.15) is 0 Å². The van der Waals surface area contributed by atoms with E-state index in [1.54, 1.807) is 29.5 Å². The largest absolute Gasteiger partial charge is 0.495 e. The number of nitrogens with one attached hydrogen (secondary N) is 1. The molecule has 0 spiro atoms. The lowest BCUT2D eigenvalue weighted by atomic mass is 10.3. The zero-order valence-electron chi connectivity index (χ0n) is 13.7. The standard InChI is InChI=1S/C16H15N5O3S2/c1-24-12-5-3-2-4-11(12)21-9-18-20-16(21)26-8-13(22)19-15-10(14(17)23)6-7-25-15/h2-7,9H,8H2,1H3,(H2,17,23)(H,19,22). The number of carbonyl (C=O) groups excluding carboxylic acids is 2. The maximum atomic E-state index is 12.2. The SMILES string of the molecule is COc1ccccc1-n1cnnc1SCC(=O)Nc1sccc1C(N)=O. The minimum Gasteiger partial charge on any atom is -0.495 e. The number of benzene rings is 1. The number of aromatic nitrogens is 3. The van der Waals surface area contributed by atoms with Gasteiger partial charge in [0.1, 0.15) is 17.1 Å². The van der Waals surface area contributed by atoms with Gasteiger partial charge >= 0.3 is 0 Å². The highest BCUT2D eigenvalue weighted by molar-refractivity contribution is 7.99. The molecule has 0 aliphatic carbocycles. The lowest BCUT2D eigenvalue weighted by Gasteiger charge is -2.10. The summed E-state index contributed by atoms with van der Waals surface area (Å²) in [4.78, 5) is 23.5. The van der Waals surface area contributed by atoms with Crippen LogP contribution in [0.5, 0.6) is 5.75 Å². The molecule has 8 nitrogen and oxygen atoms in total. The molecule has 1 aromatic carbocycles. The summed E-state index contributed by atoms with van der Waals surface area (Å²) in [5, 5.41) is 13.3. The predicted molar refractivity (Wildman–Crippen MR) is 100 cm³/mol. The van der Waals surface area contributed by atoms with E-state index in [1.165, 1.54) is 23.1 Å². The number of para-hydroxylation sites is 2. The minimum absolute atomic E-state index is 0.101. The number of anilines is 1. The molecule has 2 heterocycles. The number of ether oxygens (including phenoxy) is 1. The maximum Gasteiger partial charge on any atom is 0.251 e. The first-order chi connectivity index (χ1) is 12.6. The summed E-state index contributed by atoms with van der Waals surface area (Å²) in [7, 11) is 1.58. The fraction of sp³-hybridized carbons (Fsp3) is 0.125. The molecule has 0 bridgehead atoms. The molecular formula is C16H15N5O3S2. The fourth-order valence-corrected chi connectivity index (χ4v) is 3.74. The average Bonchev–Trinajstić information content (AvgIpc) is 3.29. The molecule has 0 fully saturated rings. The Morgan fingerprint density at radius 2 is 2.15 bits per heavy atom. The first kappa shape index (κ1) is 18.0. The number of primary amides is 1. The zero-order valence-corrected chi connectivity index (χ0v) is 15.3. The highest BCUT2D eigenvalue weighted by atomic mass is 32.2. The maximum absolute atomic E-state index is 12.2. The number of hydrogen-bond donors (Lipinski definition) is 2. The quantitative estimate of drug-likeness (QED) is 0.599. The number of nitrogens with two attached hydrogens (primary N) is 1. The van der Waals surface area contributed by atoms with Crippen molar-refractivity contribution in [2.24, 2.45) is 5.73 Å². The van der Waals surface area contributed by atoms with E-state index in [1.807, 2.05) is 24.3 Å². The molecule has 26 heavy (non-hydrogen) atoms. The number of methoxy groups -OCH3 is 1. The fourth-order valence-electron chi connectivity index (χ4n) is 2.21. The summed E-state index contributed by atoms with van der Waals surface area (Å²) in [5.41, 5.74) is 6.35. The molecule has 0 radical (unpaired) electrons. The third-order valence-corrected chi connectivity index (χ3v) is 5.15. The Balaban J connectivity index is 1.69. The summed E-state index contributed by atoms with van der Waals surface area (Å²) in [6.45, 7) is 0. The van der Waals surface area contributed by atoms with Gasteiger partial charge in [-0.3, -0.25) is 14.2 Å². The third-order valence-electron chi connectivity index (χ3n) is 3.38. The van der Waals surface area contributed by atoms with Crippen molar-refractivity contribution in [3.8, 4) is 11.4 Å². The van der Waals surface area contributed by atoms with Crippen molar-refractivity contribution in [3.05, 3.63) is 47.6 Å². The Labute approximate surface area is 157 Å². The number of thiophene rings is 1. The lowest BCUT2D eigenvalue weighted by Crippen LogP contribution is -2.18. The summed E-state index contributed by atoms with van der Waals surface area (Å²) >= 11 is 2.46. The summed E-state index contributed by atoms with van der Waals surface area (Å²) in [5.74, 6) is -0.0767. The monoisotopic (exact) mass is 389 g/mol. The highest BCUT2D eigenvalue weighted by Crippen LogP contribution is 2.27.